The topological polar surface area (TPSA) is 68.0 Å². The van der Waals surface area contributed by atoms with Crippen LogP contribution in [0.5, 0.6) is 0 Å². The molecule has 1 rings (SSSR count). The van der Waals surface area contributed by atoms with Gasteiger partial charge in [-0.3, -0.25) is 9.78 Å². The molecule has 96 valence electrons. The number of nitrogens with one attached hydrogen (secondary N) is 1. The molecule has 17 heavy (non-hydrogen) atoms. The van der Waals surface area contributed by atoms with Crippen molar-refractivity contribution in [2.45, 2.75) is 24.3 Å². The molecule has 0 aliphatic rings. The number of carbonyl (C=O) groups excluding carboxylic acids is 1. The van der Waals surface area contributed by atoms with Crippen molar-refractivity contribution in [2.75, 3.05) is 12.3 Å². The molecule has 0 radical (unpaired) electrons. The van der Waals surface area contributed by atoms with E-state index in [0.717, 1.165) is 11.3 Å². The van der Waals surface area contributed by atoms with Gasteiger partial charge in [0.1, 0.15) is 0 Å². The zero-order chi connectivity index (χ0) is 11.8. The van der Waals surface area contributed by atoms with Crippen molar-refractivity contribution in [1.82, 2.24) is 10.3 Å². The molecule has 1 atom stereocenters. The largest absolute Gasteiger partial charge is 0.355 e. The van der Waals surface area contributed by atoms with E-state index in [1.807, 2.05) is 19.1 Å². The molecule has 0 saturated heterocycles. The SMILES string of the molecule is CC(N)CCNC(=O)CSc1ccncc1.Cl. The van der Waals surface area contributed by atoms with Gasteiger partial charge in [0.15, 0.2) is 0 Å². The molecule has 0 aliphatic heterocycles. The zero-order valence-corrected chi connectivity index (χ0v) is 11.4. The van der Waals surface area contributed by atoms with E-state index in [2.05, 4.69) is 10.3 Å². The third-order valence-electron chi connectivity index (χ3n) is 1.94. The molecule has 0 saturated carbocycles. The second-order valence-electron chi connectivity index (χ2n) is 3.59. The van der Waals surface area contributed by atoms with Gasteiger partial charge in [-0.05, 0) is 25.5 Å². The maximum atomic E-state index is 11.4. The van der Waals surface area contributed by atoms with Crippen molar-refractivity contribution in [2.24, 2.45) is 5.73 Å². The summed E-state index contributed by atoms with van der Waals surface area (Å²) in [4.78, 5) is 16.4. The average Bonchev–Trinajstić information content (AvgIpc) is 2.27. The van der Waals surface area contributed by atoms with Gasteiger partial charge in [-0.2, -0.15) is 0 Å². The third-order valence-corrected chi connectivity index (χ3v) is 2.95. The van der Waals surface area contributed by atoms with Crippen molar-refractivity contribution in [1.29, 1.82) is 0 Å². The molecule has 1 aromatic rings. The lowest BCUT2D eigenvalue weighted by Gasteiger charge is -2.06. The summed E-state index contributed by atoms with van der Waals surface area (Å²) < 4.78 is 0. The fourth-order valence-corrected chi connectivity index (χ4v) is 1.79. The van der Waals surface area contributed by atoms with Crippen LogP contribution in [0, 0.1) is 0 Å². The maximum absolute atomic E-state index is 11.4. The van der Waals surface area contributed by atoms with E-state index in [0.29, 0.717) is 12.3 Å². The number of nitrogens with zero attached hydrogens (tertiary/aromatic N) is 1. The van der Waals surface area contributed by atoms with Gasteiger partial charge in [0, 0.05) is 29.9 Å². The molecular weight excluding hydrogens is 258 g/mol. The first-order chi connectivity index (χ1) is 7.68. The maximum Gasteiger partial charge on any atom is 0.230 e. The molecule has 4 nitrogen and oxygen atoms in total. The van der Waals surface area contributed by atoms with Gasteiger partial charge in [-0.1, -0.05) is 0 Å². The summed E-state index contributed by atoms with van der Waals surface area (Å²) in [7, 11) is 0. The Bertz CT molecular complexity index is 322. The van der Waals surface area contributed by atoms with Crippen LogP contribution in [-0.2, 0) is 4.79 Å². The number of halogens is 1. The van der Waals surface area contributed by atoms with Crippen molar-refractivity contribution in [3.05, 3.63) is 24.5 Å². The third kappa shape index (κ3) is 8.01. The number of carbonyl (C=O) groups is 1. The fourth-order valence-electron chi connectivity index (χ4n) is 1.07. The highest BCUT2D eigenvalue weighted by molar-refractivity contribution is 8.00. The summed E-state index contributed by atoms with van der Waals surface area (Å²) >= 11 is 1.50. The first-order valence-corrected chi connectivity index (χ1v) is 6.22. The Labute approximate surface area is 112 Å². The molecule has 1 amide bonds. The standard InChI is InChI=1S/C11H17N3OS.ClH/c1-9(12)2-7-14-11(15)8-16-10-3-5-13-6-4-10;/h3-6,9H,2,7-8,12H2,1H3,(H,14,15);1H. The van der Waals surface area contributed by atoms with Crippen LogP contribution in [0.1, 0.15) is 13.3 Å². The fraction of sp³-hybridized carbons (Fsp3) is 0.455. The molecule has 1 heterocycles. The summed E-state index contributed by atoms with van der Waals surface area (Å²) in [6, 6.07) is 3.91. The minimum Gasteiger partial charge on any atom is -0.355 e. The number of hydrogen-bond donors (Lipinski definition) is 2. The van der Waals surface area contributed by atoms with Crippen LogP contribution in [0.4, 0.5) is 0 Å². The summed E-state index contributed by atoms with van der Waals surface area (Å²) in [5.41, 5.74) is 5.58. The molecule has 1 unspecified atom stereocenters. The number of aromatic nitrogens is 1. The summed E-state index contributed by atoms with van der Waals surface area (Å²) in [6.45, 7) is 2.57. The first-order valence-electron chi connectivity index (χ1n) is 5.23. The number of hydrogen-bond acceptors (Lipinski definition) is 4. The van der Waals surface area contributed by atoms with E-state index >= 15 is 0 Å². The predicted molar refractivity (Wildman–Crippen MR) is 73.5 cm³/mol. The molecule has 0 aliphatic carbocycles. The zero-order valence-electron chi connectivity index (χ0n) is 9.76. The van der Waals surface area contributed by atoms with Crippen molar-refractivity contribution in [3.8, 4) is 0 Å². The van der Waals surface area contributed by atoms with Gasteiger partial charge >= 0.3 is 0 Å². The highest BCUT2D eigenvalue weighted by Crippen LogP contribution is 2.15. The Balaban J connectivity index is 0.00000256. The van der Waals surface area contributed by atoms with Crippen LogP contribution in [0.25, 0.3) is 0 Å². The quantitative estimate of drug-likeness (QED) is 0.771. The number of thioether (sulfide) groups is 1. The molecular formula is C11H18ClN3OS. The molecule has 0 fully saturated rings. The van der Waals surface area contributed by atoms with Gasteiger partial charge in [0.05, 0.1) is 5.75 Å². The monoisotopic (exact) mass is 275 g/mol. The predicted octanol–water partition coefficient (Wildman–Crippen LogP) is 1.45. The minimum absolute atomic E-state index is 0. The Hall–Kier alpha value is -0.780. The van der Waals surface area contributed by atoms with E-state index in [4.69, 9.17) is 5.73 Å². The summed E-state index contributed by atoms with van der Waals surface area (Å²) in [5, 5.41) is 2.83. The van der Waals surface area contributed by atoms with Crippen LogP contribution in [0.2, 0.25) is 0 Å². The summed E-state index contributed by atoms with van der Waals surface area (Å²) in [5.74, 6) is 0.477. The number of rotatable bonds is 6. The van der Waals surface area contributed by atoms with Crippen molar-refractivity contribution in [3.63, 3.8) is 0 Å². The highest BCUT2D eigenvalue weighted by Gasteiger charge is 2.02. The number of nitrogens with two attached hydrogens (primary N) is 1. The Kier molecular flexibility index (Phi) is 8.85. The lowest BCUT2D eigenvalue weighted by atomic mass is 10.2. The second-order valence-corrected chi connectivity index (χ2v) is 4.64. The van der Waals surface area contributed by atoms with Gasteiger partial charge in [0.2, 0.25) is 5.91 Å². The lowest BCUT2D eigenvalue weighted by Crippen LogP contribution is -2.30. The van der Waals surface area contributed by atoms with E-state index < -0.39 is 0 Å². The minimum atomic E-state index is 0. The van der Waals surface area contributed by atoms with E-state index in [9.17, 15) is 4.79 Å². The molecule has 0 aromatic carbocycles. The average molecular weight is 276 g/mol. The van der Waals surface area contributed by atoms with Gasteiger partial charge in [-0.15, -0.1) is 24.2 Å². The van der Waals surface area contributed by atoms with Crippen molar-refractivity contribution >= 4 is 30.1 Å². The van der Waals surface area contributed by atoms with Gasteiger partial charge in [0.25, 0.3) is 0 Å². The van der Waals surface area contributed by atoms with E-state index in [1.165, 1.54) is 11.8 Å². The van der Waals surface area contributed by atoms with Gasteiger partial charge in [-0.25, -0.2) is 0 Å². The normalized spacial score (nSPS) is 11.4. The molecule has 6 heteroatoms. The number of amides is 1. The molecule has 0 spiro atoms. The second kappa shape index (κ2) is 9.27. The Morgan fingerprint density at radius 2 is 2.18 bits per heavy atom. The highest BCUT2D eigenvalue weighted by atomic mass is 35.5. The Morgan fingerprint density at radius 3 is 2.76 bits per heavy atom. The van der Waals surface area contributed by atoms with Crippen LogP contribution < -0.4 is 11.1 Å². The summed E-state index contributed by atoms with van der Waals surface area (Å²) in [6.07, 6.45) is 4.25. The molecule has 1 aromatic heterocycles. The first kappa shape index (κ1) is 16.2. The molecule has 3 N–H and O–H groups in total. The van der Waals surface area contributed by atoms with Gasteiger partial charge < -0.3 is 11.1 Å². The van der Waals surface area contributed by atoms with Crippen molar-refractivity contribution < 1.29 is 4.79 Å². The van der Waals surface area contributed by atoms with Crippen LogP contribution >= 0.6 is 24.2 Å². The van der Waals surface area contributed by atoms with Crippen LogP contribution in [-0.4, -0.2) is 29.2 Å². The smallest absolute Gasteiger partial charge is 0.230 e. The van der Waals surface area contributed by atoms with E-state index in [1.54, 1.807) is 12.4 Å². The number of pyridine rings is 1. The Morgan fingerprint density at radius 1 is 1.53 bits per heavy atom. The lowest BCUT2D eigenvalue weighted by molar-refractivity contribution is -0.118. The van der Waals surface area contributed by atoms with Crippen LogP contribution in [0.15, 0.2) is 29.4 Å². The van der Waals surface area contributed by atoms with E-state index in [-0.39, 0.29) is 24.4 Å². The van der Waals surface area contributed by atoms with Crippen LogP contribution in [0.3, 0.4) is 0 Å². The molecule has 0 bridgehead atoms.